The smallest absolute Gasteiger partial charge is 0.387 e. The minimum atomic E-state index is -2.91. The van der Waals surface area contributed by atoms with Crippen molar-refractivity contribution in [1.29, 1.82) is 0 Å². The Morgan fingerprint density at radius 3 is 2.84 bits per heavy atom. The molecule has 0 amide bonds. The lowest BCUT2D eigenvalue weighted by molar-refractivity contribution is -0.0498. The third-order valence-electron chi connectivity index (χ3n) is 2.31. The van der Waals surface area contributed by atoms with Crippen LogP contribution in [0.5, 0.6) is 5.75 Å². The highest BCUT2D eigenvalue weighted by atomic mass is 19.3. The molecule has 0 bridgehead atoms. The first kappa shape index (κ1) is 13.0. The normalized spacial score (nSPS) is 11.1. The zero-order valence-corrected chi connectivity index (χ0v) is 9.75. The van der Waals surface area contributed by atoms with Crippen LogP contribution in [0.4, 0.5) is 8.78 Å². The van der Waals surface area contributed by atoms with Crippen molar-refractivity contribution >= 4 is 11.9 Å². The first-order chi connectivity index (χ1) is 9.15. The highest BCUT2D eigenvalue weighted by molar-refractivity contribution is 6.07. The highest BCUT2D eigenvalue weighted by Crippen LogP contribution is 2.17. The van der Waals surface area contributed by atoms with E-state index in [1.165, 1.54) is 42.9 Å². The summed E-state index contributed by atoms with van der Waals surface area (Å²) in [4.78, 5) is 11.8. The van der Waals surface area contributed by atoms with Crippen molar-refractivity contribution in [3.63, 3.8) is 0 Å². The second kappa shape index (κ2) is 5.95. The number of furan rings is 1. The van der Waals surface area contributed by atoms with E-state index in [-0.39, 0.29) is 17.1 Å². The van der Waals surface area contributed by atoms with Crippen molar-refractivity contribution in [1.82, 2.24) is 0 Å². The number of rotatable bonds is 5. The molecule has 0 N–H and O–H groups in total. The average Bonchev–Trinajstić information content (AvgIpc) is 2.88. The van der Waals surface area contributed by atoms with Gasteiger partial charge in [0, 0.05) is 11.1 Å². The number of halogens is 2. The van der Waals surface area contributed by atoms with Crippen LogP contribution >= 0.6 is 0 Å². The molecule has 0 aliphatic carbocycles. The van der Waals surface area contributed by atoms with Gasteiger partial charge in [0.05, 0.1) is 12.5 Å². The van der Waals surface area contributed by atoms with Gasteiger partial charge in [-0.05, 0) is 30.4 Å². The summed E-state index contributed by atoms with van der Waals surface area (Å²) in [6.45, 7) is -2.91. The molecule has 1 aromatic heterocycles. The van der Waals surface area contributed by atoms with Crippen LogP contribution in [-0.4, -0.2) is 12.4 Å². The van der Waals surface area contributed by atoms with E-state index in [1.807, 2.05) is 0 Å². The van der Waals surface area contributed by atoms with E-state index in [0.29, 0.717) is 0 Å². The van der Waals surface area contributed by atoms with Crippen LogP contribution in [0, 0.1) is 0 Å². The largest absolute Gasteiger partial charge is 0.472 e. The first-order valence-electron chi connectivity index (χ1n) is 5.44. The van der Waals surface area contributed by atoms with E-state index >= 15 is 0 Å². The number of allylic oxidation sites excluding steroid dienone is 1. The predicted octanol–water partition coefficient (Wildman–Crippen LogP) is 3.78. The zero-order chi connectivity index (χ0) is 13.7. The molecule has 5 heteroatoms. The first-order valence-corrected chi connectivity index (χ1v) is 5.44. The van der Waals surface area contributed by atoms with Crippen LogP contribution in [0.15, 0.2) is 53.4 Å². The molecule has 0 radical (unpaired) electrons. The topological polar surface area (TPSA) is 39.4 Å². The Morgan fingerprint density at radius 1 is 1.32 bits per heavy atom. The van der Waals surface area contributed by atoms with Gasteiger partial charge in [-0.15, -0.1) is 0 Å². The van der Waals surface area contributed by atoms with Crippen molar-refractivity contribution < 1.29 is 22.7 Å². The number of carbonyl (C=O) groups excluding carboxylic acids is 1. The molecule has 0 aliphatic rings. The summed E-state index contributed by atoms with van der Waals surface area (Å²) >= 11 is 0. The number of ether oxygens (including phenoxy) is 1. The Kier molecular flexibility index (Phi) is 4.07. The molecular weight excluding hydrogens is 254 g/mol. The third-order valence-corrected chi connectivity index (χ3v) is 2.31. The van der Waals surface area contributed by atoms with Crippen molar-refractivity contribution in [2.75, 3.05) is 0 Å². The summed E-state index contributed by atoms with van der Waals surface area (Å²) in [5.74, 6) is -0.349. The van der Waals surface area contributed by atoms with Crippen LogP contribution in [0.2, 0.25) is 0 Å². The summed E-state index contributed by atoms with van der Waals surface area (Å²) < 4.78 is 33.2. The average molecular weight is 264 g/mol. The number of hydrogen-bond donors (Lipinski definition) is 0. The van der Waals surface area contributed by atoms with E-state index in [4.69, 9.17) is 4.42 Å². The highest BCUT2D eigenvalue weighted by Gasteiger charge is 2.07. The van der Waals surface area contributed by atoms with Gasteiger partial charge < -0.3 is 9.15 Å². The van der Waals surface area contributed by atoms with Crippen molar-refractivity contribution in [3.8, 4) is 5.75 Å². The number of benzene rings is 1. The molecule has 98 valence electrons. The molecule has 1 heterocycles. The molecular formula is C14H10F2O3. The fourth-order valence-corrected chi connectivity index (χ4v) is 1.46. The van der Waals surface area contributed by atoms with Crippen molar-refractivity contribution in [3.05, 3.63) is 60.1 Å². The molecule has 2 rings (SSSR count). The maximum atomic E-state index is 12.1. The fourth-order valence-electron chi connectivity index (χ4n) is 1.46. The molecule has 0 unspecified atom stereocenters. The van der Waals surface area contributed by atoms with E-state index in [2.05, 4.69) is 4.74 Å². The SMILES string of the molecule is O=C(/C=C\c1ccoc1)c1cccc(OC(F)F)c1. The fraction of sp³-hybridized carbons (Fsp3) is 0.0714. The van der Waals surface area contributed by atoms with Gasteiger partial charge in [-0.25, -0.2) is 0 Å². The second-order valence-corrected chi connectivity index (χ2v) is 3.66. The second-order valence-electron chi connectivity index (χ2n) is 3.66. The monoisotopic (exact) mass is 264 g/mol. The van der Waals surface area contributed by atoms with Gasteiger partial charge >= 0.3 is 6.61 Å². The molecule has 0 saturated carbocycles. The number of carbonyl (C=O) groups is 1. The Bertz CT molecular complexity index is 574. The van der Waals surface area contributed by atoms with Crippen LogP contribution < -0.4 is 4.74 Å². The van der Waals surface area contributed by atoms with Crippen LogP contribution in [0.25, 0.3) is 6.08 Å². The molecule has 0 atom stereocenters. The molecule has 0 saturated heterocycles. The van der Waals surface area contributed by atoms with Crippen molar-refractivity contribution in [2.45, 2.75) is 6.61 Å². The van der Waals surface area contributed by atoms with Gasteiger partial charge in [0.25, 0.3) is 0 Å². The van der Waals surface area contributed by atoms with E-state index < -0.39 is 6.61 Å². The lowest BCUT2D eigenvalue weighted by atomic mass is 10.1. The predicted molar refractivity (Wildman–Crippen MR) is 65.1 cm³/mol. The van der Waals surface area contributed by atoms with Gasteiger partial charge in [0.1, 0.15) is 5.75 Å². The molecule has 0 aliphatic heterocycles. The third kappa shape index (κ3) is 3.77. The molecule has 0 spiro atoms. The Labute approximate surface area is 108 Å². The number of hydrogen-bond acceptors (Lipinski definition) is 3. The molecule has 1 aromatic carbocycles. The molecule has 0 fully saturated rings. The summed E-state index contributed by atoms with van der Waals surface area (Å²) in [5, 5.41) is 0. The summed E-state index contributed by atoms with van der Waals surface area (Å²) in [7, 11) is 0. The van der Waals surface area contributed by atoms with Gasteiger partial charge in [-0.3, -0.25) is 4.79 Å². The lowest BCUT2D eigenvalue weighted by Gasteiger charge is -2.04. The lowest BCUT2D eigenvalue weighted by Crippen LogP contribution is -2.03. The maximum Gasteiger partial charge on any atom is 0.387 e. The zero-order valence-electron chi connectivity index (χ0n) is 9.75. The van der Waals surface area contributed by atoms with Gasteiger partial charge in [-0.1, -0.05) is 12.1 Å². The molecule has 3 nitrogen and oxygen atoms in total. The van der Waals surface area contributed by atoms with Gasteiger partial charge in [-0.2, -0.15) is 8.78 Å². The number of alkyl halides is 2. The minimum Gasteiger partial charge on any atom is -0.472 e. The minimum absolute atomic E-state index is 0.0439. The van der Waals surface area contributed by atoms with Gasteiger partial charge in [0.15, 0.2) is 5.78 Å². The summed E-state index contributed by atoms with van der Waals surface area (Å²) in [6.07, 6.45) is 5.89. The van der Waals surface area contributed by atoms with Crippen LogP contribution in [0.1, 0.15) is 15.9 Å². The van der Waals surface area contributed by atoms with E-state index in [9.17, 15) is 13.6 Å². The summed E-state index contributed by atoms with van der Waals surface area (Å²) in [6, 6.07) is 7.34. The molecule has 19 heavy (non-hydrogen) atoms. The standard InChI is InChI=1S/C14H10F2O3/c15-14(16)19-12-3-1-2-11(8-12)13(17)5-4-10-6-7-18-9-10/h1-9,14H/b5-4-. The van der Waals surface area contributed by atoms with E-state index in [0.717, 1.165) is 5.56 Å². The maximum absolute atomic E-state index is 12.1. The Hall–Kier alpha value is -2.43. The molecule has 2 aromatic rings. The van der Waals surface area contributed by atoms with Crippen molar-refractivity contribution in [2.24, 2.45) is 0 Å². The summed E-state index contributed by atoms with van der Waals surface area (Å²) in [5.41, 5.74) is 1.02. The Morgan fingerprint density at radius 2 is 2.16 bits per heavy atom. The number of ketones is 1. The van der Waals surface area contributed by atoms with E-state index in [1.54, 1.807) is 12.1 Å². The van der Waals surface area contributed by atoms with Crippen LogP contribution in [-0.2, 0) is 0 Å². The van der Waals surface area contributed by atoms with Crippen LogP contribution in [0.3, 0.4) is 0 Å². The quantitative estimate of drug-likeness (QED) is 0.609. The Balaban J connectivity index is 2.10. The van der Waals surface area contributed by atoms with Gasteiger partial charge in [0.2, 0.25) is 0 Å².